The van der Waals surface area contributed by atoms with Crippen LogP contribution in [0.1, 0.15) is 23.6 Å². The van der Waals surface area contributed by atoms with Gasteiger partial charge in [-0.1, -0.05) is 28.1 Å². The summed E-state index contributed by atoms with van der Waals surface area (Å²) in [5.74, 6) is -0.766. The molecule has 2 aromatic carbocycles. The number of fused-ring (bicyclic) bond motifs is 3. The van der Waals surface area contributed by atoms with E-state index in [1.165, 1.54) is 4.90 Å². The van der Waals surface area contributed by atoms with Gasteiger partial charge in [-0.3, -0.25) is 9.59 Å². The Morgan fingerprint density at radius 1 is 0.893 bits per heavy atom. The number of benzene rings is 2. The van der Waals surface area contributed by atoms with E-state index in [2.05, 4.69) is 32.0 Å². The first-order valence-electron chi connectivity index (χ1n) is 9.27. The third kappa shape index (κ3) is 2.46. The number of amides is 2. The molecule has 6 nitrogen and oxygen atoms in total. The summed E-state index contributed by atoms with van der Waals surface area (Å²) in [6.45, 7) is 1.64. The fourth-order valence-corrected chi connectivity index (χ4v) is 4.98. The van der Waals surface area contributed by atoms with Crippen LogP contribution in [-0.4, -0.2) is 41.0 Å². The SMILES string of the molecule is N#Cc1ccc(N2C(=O)[C@@H]3[C@@H](C2=O)N2CCCN2[C@@H]3c2ccc(Br)cc2)cc1. The Hall–Kier alpha value is -2.53. The third-order valence-corrected chi connectivity index (χ3v) is 6.40. The second kappa shape index (κ2) is 6.52. The molecule has 140 valence electrons. The molecule has 0 spiro atoms. The van der Waals surface area contributed by atoms with Crippen LogP contribution in [-0.2, 0) is 9.59 Å². The zero-order chi connectivity index (χ0) is 19.4. The molecular weight excluding hydrogens is 420 g/mol. The molecular formula is C21H17BrN4O2. The monoisotopic (exact) mass is 436 g/mol. The highest BCUT2D eigenvalue weighted by molar-refractivity contribution is 9.10. The van der Waals surface area contributed by atoms with Crippen molar-refractivity contribution in [3.05, 3.63) is 64.1 Å². The molecule has 3 atom stereocenters. The standard InChI is InChI=1S/C21H17BrN4O2/c22-15-6-4-14(5-7-15)18-17-19(25-11-1-10-24(18)25)21(28)26(20(17)27)16-8-2-13(12-23)3-9-16/h2-9,17-19H,1,10-11H2/t17-,18+,19-/m0/s1. The summed E-state index contributed by atoms with van der Waals surface area (Å²) in [6, 6.07) is 16.1. The Morgan fingerprint density at radius 3 is 2.18 bits per heavy atom. The van der Waals surface area contributed by atoms with Gasteiger partial charge in [0, 0.05) is 17.6 Å². The van der Waals surface area contributed by atoms with Crippen molar-refractivity contribution in [2.24, 2.45) is 5.92 Å². The molecule has 3 saturated heterocycles. The Morgan fingerprint density at radius 2 is 1.54 bits per heavy atom. The summed E-state index contributed by atoms with van der Waals surface area (Å²) in [5, 5.41) is 13.3. The van der Waals surface area contributed by atoms with Crippen LogP contribution in [0.15, 0.2) is 53.0 Å². The van der Waals surface area contributed by atoms with Crippen molar-refractivity contribution in [3.63, 3.8) is 0 Å². The van der Waals surface area contributed by atoms with Gasteiger partial charge in [0.1, 0.15) is 6.04 Å². The lowest BCUT2D eigenvalue weighted by atomic mass is 9.90. The zero-order valence-corrected chi connectivity index (χ0v) is 16.5. The number of nitrogens with zero attached hydrogens (tertiary/aromatic N) is 4. The average molecular weight is 437 g/mol. The van der Waals surface area contributed by atoms with Crippen molar-refractivity contribution < 1.29 is 9.59 Å². The van der Waals surface area contributed by atoms with Crippen LogP contribution in [0.25, 0.3) is 0 Å². The minimum atomic E-state index is -0.459. The van der Waals surface area contributed by atoms with Crippen LogP contribution in [0.2, 0.25) is 0 Å². The maximum absolute atomic E-state index is 13.4. The van der Waals surface area contributed by atoms with Gasteiger partial charge in [-0.15, -0.1) is 0 Å². The average Bonchev–Trinajstić information content (AvgIpc) is 3.35. The van der Waals surface area contributed by atoms with Crippen LogP contribution in [0, 0.1) is 17.2 Å². The first kappa shape index (κ1) is 17.6. The summed E-state index contributed by atoms with van der Waals surface area (Å²) in [5.41, 5.74) is 2.08. The highest BCUT2D eigenvalue weighted by Gasteiger charge is 2.62. The summed E-state index contributed by atoms with van der Waals surface area (Å²) < 4.78 is 0.983. The Kier molecular flexibility index (Phi) is 4.09. The minimum Gasteiger partial charge on any atom is -0.274 e. The van der Waals surface area contributed by atoms with Crippen LogP contribution in [0.4, 0.5) is 5.69 Å². The quantitative estimate of drug-likeness (QED) is 0.677. The van der Waals surface area contributed by atoms with Crippen molar-refractivity contribution in [2.45, 2.75) is 18.5 Å². The van der Waals surface area contributed by atoms with E-state index in [-0.39, 0.29) is 17.9 Å². The molecule has 3 heterocycles. The number of rotatable bonds is 2. The van der Waals surface area contributed by atoms with Gasteiger partial charge in [0.05, 0.1) is 29.3 Å². The van der Waals surface area contributed by atoms with E-state index in [1.807, 2.05) is 24.3 Å². The fraction of sp³-hybridized carbons (Fsp3) is 0.286. The molecule has 0 bridgehead atoms. The van der Waals surface area contributed by atoms with Crippen molar-refractivity contribution >= 4 is 33.4 Å². The lowest BCUT2D eigenvalue weighted by Crippen LogP contribution is -2.44. The van der Waals surface area contributed by atoms with E-state index in [9.17, 15) is 9.59 Å². The number of hydrogen-bond donors (Lipinski definition) is 0. The number of carbonyl (C=O) groups is 2. The zero-order valence-electron chi connectivity index (χ0n) is 15.0. The van der Waals surface area contributed by atoms with E-state index in [1.54, 1.807) is 24.3 Å². The third-order valence-electron chi connectivity index (χ3n) is 5.87. The van der Waals surface area contributed by atoms with Crippen LogP contribution >= 0.6 is 15.9 Å². The van der Waals surface area contributed by atoms with Gasteiger partial charge in [0.15, 0.2) is 0 Å². The number of anilines is 1. The Bertz CT molecular complexity index is 999. The minimum absolute atomic E-state index is 0.138. The van der Waals surface area contributed by atoms with Gasteiger partial charge >= 0.3 is 0 Å². The molecule has 0 saturated carbocycles. The van der Waals surface area contributed by atoms with Gasteiger partial charge < -0.3 is 0 Å². The van der Waals surface area contributed by atoms with E-state index in [0.717, 1.165) is 29.5 Å². The maximum atomic E-state index is 13.4. The van der Waals surface area contributed by atoms with Crippen molar-refractivity contribution in [2.75, 3.05) is 18.0 Å². The molecule has 3 aliphatic heterocycles. The molecule has 7 heteroatoms. The number of imide groups is 1. The number of carbonyl (C=O) groups excluding carboxylic acids is 2. The van der Waals surface area contributed by atoms with E-state index >= 15 is 0 Å². The summed E-state index contributed by atoms with van der Waals surface area (Å²) in [6.07, 6.45) is 0.981. The predicted octanol–water partition coefficient (Wildman–Crippen LogP) is 2.86. The molecule has 0 aliphatic carbocycles. The largest absolute Gasteiger partial charge is 0.274 e. The Labute approximate surface area is 171 Å². The van der Waals surface area contributed by atoms with Gasteiger partial charge in [-0.05, 0) is 48.4 Å². The Balaban J connectivity index is 1.56. The smallest absolute Gasteiger partial charge is 0.253 e. The van der Waals surface area contributed by atoms with E-state index < -0.39 is 12.0 Å². The molecule has 0 aromatic heterocycles. The first-order chi connectivity index (χ1) is 13.6. The summed E-state index contributed by atoms with van der Waals surface area (Å²) >= 11 is 3.46. The van der Waals surface area contributed by atoms with Gasteiger partial charge in [-0.2, -0.15) is 5.26 Å². The molecule has 2 amide bonds. The van der Waals surface area contributed by atoms with E-state index in [4.69, 9.17) is 5.26 Å². The number of halogens is 1. The second-order valence-electron chi connectivity index (χ2n) is 7.32. The first-order valence-corrected chi connectivity index (χ1v) is 10.1. The van der Waals surface area contributed by atoms with Gasteiger partial charge in [0.25, 0.3) is 5.91 Å². The van der Waals surface area contributed by atoms with E-state index in [0.29, 0.717) is 11.3 Å². The number of nitriles is 1. The van der Waals surface area contributed by atoms with Gasteiger partial charge in [0.2, 0.25) is 5.91 Å². The number of hydrogen-bond acceptors (Lipinski definition) is 5. The number of hydrazine groups is 1. The molecule has 2 aromatic rings. The van der Waals surface area contributed by atoms with Crippen molar-refractivity contribution in [3.8, 4) is 6.07 Å². The molecule has 0 unspecified atom stereocenters. The maximum Gasteiger partial charge on any atom is 0.253 e. The van der Waals surface area contributed by atoms with Crippen LogP contribution in [0.3, 0.4) is 0 Å². The van der Waals surface area contributed by atoms with Gasteiger partial charge in [-0.25, -0.2) is 14.9 Å². The molecule has 5 rings (SSSR count). The molecule has 3 aliphatic rings. The molecule has 0 N–H and O–H groups in total. The van der Waals surface area contributed by atoms with Crippen LogP contribution in [0.5, 0.6) is 0 Å². The topological polar surface area (TPSA) is 67.6 Å². The predicted molar refractivity (Wildman–Crippen MR) is 106 cm³/mol. The van der Waals surface area contributed by atoms with Crippen LogP contribution < -0.4 is 4.90 Å². The molecule has 28 heavy (non-hydrogen) atoms. The molecule has 3 fully saturated rings. The van der Waals surface area contributed by atoms with Crippen molar-refractivity contribution in [1.82, 2.24) is 10.0 Å². The van der Waals surface area contributed by atoms with Crippen molar-refractivity contribution in [1.29, 1.82) is 5.26 Å². The second-order valence-corrected chi connectivity index (χ2v) is 8.23. The summed E-state index contributed by atoms with van der Waals surface area (Å²) in [4.78, 5) is 28.0. The fourth-order valence-electron chi connectivity index (χ4n) is 4.71. The highest BCUT2D eigenvalue weighted by atomic mass is 79.9. The molecule has 0 radical (unpaired) electrons. The lowest BCUT2D eigenvalue weighted by molar-refractivity contribution is -0.126. The lowest BCUT2D eigenvalue weighted by Gasteiger charge is -2.29. The normalized spacial score (nSPS) is 27.1. The summed E-state index contributed by atoms with van der Waals surface area (Å²) in [7, 11) is 0. The highest BCUT2D eigenvalue weighted by Crippen LogP contribution is 2.48.